The maximum atomic E-state index is 12.3. The highest BCUT2D eigenvalue weighted by molar-refractivity contribution is 9.10. The summed E-state index contributed by atoms with van der Waals surface area (Å²) in [5.74, 6) is -0.109. The molecule has 3 aromatic rings. The second-order valence-electron chi connectivity index (χ2n) is 4.78. The van der Waals surface area contributed by atoms with Crippen LogP contribution in [0.4, 0.5) is 5.69 Å². The monoisotopic (exact) mass is 343 g/mol. The summed E-state index contributed by atoms with van der Waals surface area (Å²) in [6.45, 7) is 0.474. The molecule has 0 fully saturated rings. The number of hydrogen-bond acceptors (Lipinski definition) is 2. The molecule has 1 aromatic heterocycles. The number of carbonyl (C=O) groups excluding carboxylic acids is 1. The van der Waals surface area contributed by atoms with Gasteiger partial charge in [-0.25, -0.2) is 0 Å². The van der Waals surface area contributed by atoms with Crippen molar-refractivity contribution in [2.45, 2.75) is 6.54 Å². The Balaban J connectivity index is 1.80. The van der Waals surface area contributed by atoms with Crippen LogP contribution in [0, 0.1) is 0 Å². The lowest BCUT2D eigenvalue weighted by atomic mass is 10.1. The van der Waals surface area contributed by atoms with Crippen molar-refractivity contribution in [3.63, 3.8) is 0 Å². The Kier molecular flexibility index (Phi) is 3.66. The van der Waals surface area contributed by atoms with Gasteiger partial charge in [-0.1, -0.05) is 34.1 Å². The summed E-state index contributed by atoms with van der Waals surface area (Å²) in [4.78, 5) is 15.4. The van der Waals surface area contributed by atoms with E-state index in [0.29, 0.717) is 17.8 Å². The molecule has 4 N–H and O–H groups in total. The largest absolute Gasteiger partial charge is 0.399 e. The molecule has 1 amide bonds. The summed E-state index contributed by atoms with van der Waals surface area (Å²) in [6, 6.07) is 13.3. The molecule has 0 aliphatic heterocycles. The SMILES string of the molecule is Nc1ccc2c(C(=O)NCc3ccccc3Br)c[nH]c2c1. The van der Waals surface area contributed by atoms with Gasteiger partial charge < -0.3 is 16.0 Å². The van der Waals surface area contributed by atoms with Gasteiger partial charge in [-0.3, -0.25) is 4.79 Å². The molecule has 0 aliphatic carbocycles. The average molecular weight is 344 g/mol. The van der Waals surface area contributed by atoms with E-state index >= 15 is 0 Å². The lowest BCUT2D eigenvalue weighted by molar-refractivity contribution is 0.0952. The van der Waals surface area contributed by atoms with Gasteiger partial charge in [-0.15, -0.1) is 0 Å². The molecular weight excluding hydrogens is 330 g/mol. The lowest BCUT2D eigenvalue weighted by Crippen LogP contribution is -2.22. The predicted octanol–water partition coefficient (Wildman–Crippen LogP) is 3.44. The van der Waals surface area contributed by atoms with E-state index in [9.17, 15) is 4.79 Å². The van der Waals surface area contributed by atoms with Crippen molar-refractivity contribution in [1.29, 1.82) is 0 Å². The molecule has 3 rings (SSSR count). The van der Waals surface area contributed by atoms with Crippen LogP contribution < -0.4 is 11.1 Å². The number of fused-ring (bicyclic) bond motifs is 1. The minimum Gasteiger partial charge on any atom is -0.399 e. The van der Waals surface area contributed by atoms with Crippen LogP contribution in [-0.4, -0.2) is 10.9 Å². The van der Waals surface area contributed by atoms with Gasteiger partial charge in [0, 0.05) is 33.8 Å². The first-order valence-corrected chi connectivity index (χ1v) is 7.32. The molecule has 0 unspecified atom stereocenters. The minimum atomic E-state index is -0.109. The zero-order valence-corrected chi connectivity index (χ0v) is 12.8. The molecule has 0 spiro atoms. The number of nitrogens with one attached hydrogen (secondary N) is 2. The van der Waals surface area contributed by atoms with Crippen molar-refractivity contribution in [3.05, 3.63) is 64.3 Å². The van der Waals surface area contributed by atoms with Crippen LogP contribution >= 0.6 is 15.9 Å². The maximum absolute atomic E-state index is 12.3. The molecule has 4 nitrogen and oxygen atoms in total. The van der Waals surface area contributed by atoms with Gasteiger partial charge in [0.25, 0.3) is 5.91 Å². The van der Waals surface area contributed by atoms with E-state index in [1.54, 1.807) is 12.3 Å². The summed E-state index contributed by atoms with van der Waals surface area (Å²) < 4.78 is 0.983. The van der Waals surface area contributed by atoms with Crippen LogP contribution in [0.1, 0.15) is 15.9 Å². The first kappa shape index (κ1) is 13.7. The number of aromatic amines is 1. The minimum absolute atomic E-state index is 0.109. The molecule has 21 heavy (non-hydrogen) atoms. The van der Waals surface area contributed by atoms with Crippen LogP contribution in [0.15, 0.2) is 53.1 Å². The first-order valence-electron chi connectivity index (χ1n) is 6.53. The molecule has 0 bridgehead atoms. The van der Waals surface area contributed by atoms with E-state index in [-0.39, 0.29) is 5.91 Å². The normalized spacial score (nSPS) is 10.7. The summed E-state index contributed by atoms with van der Waals surface area (Å²) in [5, 5.41) is 3.80. The van der Waals surface area contributed by atoms with Crippen LogP contribution in [-0.2, 0) is 6.54 Å². The van der Waals surface area contributed by atoms with Crippen molar-refractivity contribution in [1.82, 2.24) is 10.3 Å². The van der Waals surface area contributed by atoms with E-state index < -0.39 is 0 Å². The summed E-state index contributed by atoms with van der Waals surface area (Å²) >= 11 is 3.47. The fourth-order valence-electron chi connectivity index (χ4n) is 2.24. The number of H-pyrrole nitrogens is 1. The maximum Gasteiger partial charge on any atom is 0.253 e. The third-order valence-electron chi connectivity index (χ3n) is 3.35. The van der Waals surface area contributed by atoms with E-state index in [4.69, 9.17) is 5.73 Å². The van der Waals surface area contributed by atoms with E-state index in [0.717, 1.165) is 20.9 Å². The number of benzene rings is 2. The van der Waals surface area contributed by atoms with E-state index in [1.165, 1.54) is 0 Å². The Morgan fingerprint density at radius 2 is 2.05 bits per heavy atom. The highest BCUT2D eigenvalue weighted by Crippen LogP contribution is 2.21. The Morgan fingerprint density at radius 1 is 1.24 bits per heavy atom. The van der Waals surface area contributed by atoms with Gasteiger partial charge in [0.1, 0.15) is 0 Å². The quantitative estimate of drug-likeness (QED) is 0.637. The number of rotatable bonds is 3. The predicted molar refractivity (Wildman–Crippen MR) is 88.0 cm³/mol. The highest BCUT2D eigenvalue weighted by Gasteiger charge is 2.12. The Hall–Kier alpha value is -2.27. The highest BCUT2D eigenvalue weighted by atomic mass is 79.9. The van der Waals surface area contributed by atoms with Crippen molar-refractivity contribution in [3.8, 4) is 0 Å². The summed E-state index contributed by atoms with van der Waals surface area (Å²) in [6.07, 6.45) is 1.71. The Bertz CT molecular complexity index is 810. The number of halogens is 1. The van der Waals surface area contributed by atoms with Crippen molar-refractivity contribution >= 4 is 38.4 Å². The van der Waals surface area contributed by atoms with Crippen molar-refractivity contribution in [2.24, 2.45) is 0 Å². The number of amides is 1. The third kappa shape index (κ3) is 2.78. The topological polar surface area (TPSA) is 70.9 Å². The number of carbonyl (C=O) groups is 1. The number of anilines is 1. The fourth-order valence-corrected chi connectivity index (χ4v) is 2.67. The number of aromatic nitrogens is 1. The van der Waals surface area contributed by atoms with E-state index in [2.05, 4.69) is 26.2 Å². The molecule has 2 aromatic carbocycles. The zero-order valence-electron chi connectivity index (χ0n) is 11.2. The molecule has 5 heteroatoms. The van der Waals surface area contributed by atoms with Gasteiger partial charge >= 0.3 is 0 Å². The van der Waals surface area contributed by atoms with Crippen LogP contribution in [0.2, 0.25) is 0 Å². The Labute approximate surface area is 130 Å². The molecule has 0 atom stereocenters. The lowest BCUT2D eigenvalue weighted by Gasteiger charge is -2.06. The van der Waals surface area contributed by atoms with Crippen molar-refractivity contribution < 1.29 is 4.79 Å². The van der Waals surface area contributed by atoms with Gasteiger partial charge in [0.15, 0.2) is 0 Å². The molecular formula is C16H14BrN3O. The zero-order chi connectivity index (χ0) is 14.8. The van der Waals surface area contributed by atoms with Crippen LogP contribution in [0.5, 0.6) is 0 Å². The Morgan fingerprint density at radius 3 is 2.86 bits per heavy atom. The van der Waals surface area contributed by atoms with E-state index in [1.807, 2.05) is 36.4 Å². The molecule has 1 heterocycles. The number of nitrogens with two attached hydrogens (primary N) is 1. The third-order valence-corrected chi connectivity index (χ3v) is 4.12. The molecule has 0 radical (unpaired) electrons. The first-order chi connectivity index (χ1) is 10.1. The van der Waals surface area contributed by atoms with Crippen LogP contribution in [0.25, 0.3) is 10.9 Å². The molecule has 0 aliphatic rings. The van der Waals surface area contributed by atoms with Gasteiger partial charge in [-0.2, -0.15) is 0 Å². The average Bonchev–Trinajstić information content (AvgIpc) is 2.89. The van der Waals surface area contributed by atoms with Gasteiger partial charge in [0.2, 0.25) is 0 Å². The molecule has 0 saturated heterocycles. The summed E-state index contributed by atoms with van der Waals surface area (Å²) in [5.41, 5.74) is 8.93. The number of nitrogen functional groups attached to an aromatic ring is 1. The standard InChI is InChI=1S/C16H14BrN3O/c17-14-4-2-1-3-10(14)8-20-16(21)13-9-19-15-7-11(18)5-6-12(13)15/h1-7,9,19H,8,18H2,(H,20,21). The second kappa shape index (κ2) is 5.61. The van der Waals surface area contributed by atoms with Gasteiger partial charge in [-0.05, 0) is 29.8 Å². The second-order valence-corrected chi connectivity index (χ2v) is 5.64. The smallest absolute Gasteiger partial charge is 0.253 e. The molecule has 106 valence electrons. The van der Waals surface area contributed by atoms with Crippen molar-refractivity contribution in [2.75, 3.05) is 5.73 Å². The molecule has 0 saturated carbocycles. The summed E-state index contributed by atoms with van der Waals surface area (Å²) in [7, 11) is 0. The fraction of sp³-hybridized carbons (Fsp3) is 0.0625. The van der Waals surface area contributed by atoms with Crippen LogP contribution in [0.3, 0.4) is 0 Å². The number of hydrogen-bond donors (Lipinski definition) is 3. The van der Waals surface area contributed by atoms with Gasteiger partial charge in [0.05, 0.1) is 5.56 Å².